The van der Waals surface area contributed by atoms with Gasteiger partial charge in [-0.25, -0.2) is 0 Å². The number of hydrogen-bond acceptors (Lipinski definition) is 4. The molecule has 0 fully saturated rings. The molecule has 0 saturated carbocycles. The van der Waals surface area contributed by atoms with Crippen LogP contribution in [0, 0.1) is 5.92 Å². The van der Waals surface area contributed by atoms with Gasteiger partial charge < -0.3 is 15.2 Å². The van der Waals surface area contributed by atoms with Crippen LogP contribution in [0.1, 0.15) is 32.1 Å². The highest BCUT2D eigenvalue weighted by Crippen LogP contribution is 2.19. The van der Waals surface area contributed by atoms with Crippen LogP contribution in [0.2, 0.25) is 0 Å². The zero-order valence-electron chi connectivity index (χ0n) is 11.9. The van der Waals surface area contributed by atoms with E-state index < -0.39 is 6.10 Å². The number of halogens is 1. The van der Waals surface area contributed by atoms with Crippen molar-refractivity contribution in [3.63, 3.8) is 0 Å². The van der Waals surface area contributed by atoms with Gasteiger partial charge in [-0.05, 0) is 41.3 Å². The Hall–Kier alpha value is 0.0600. The van der Waals surface area contributed by atoms with Gasteiger partial charge in [-0.3, -0.25) is 0 Å². The molecular formula is C14H24BrNO2S. The standard InChI is InChI=1S/C14H24BrNO2S/c1-10(2)4-11(3)18-8-13(17)6-16-7-14-5-12(15)9-19-14/h5,9-11,13,16-17H,4,6-8H2,1-3H3. The Morgan fingerprint density at radius 1 is 1.42 bits per heavy atom. The van der Waals surface area contributed by atoms with E-state index in [-0.39, 0.29) is 6.10 Å². The van der Waals surface area contributed by atoms with Crippen molar-refractivity contribution >= 4 is 27.3 Å². The number of rotatable bonds is 9. The van der Waals surface area contributed by atoms with E-state index in [1.165, 1.54) is 4.88 Å². The van der Waals surface area contributed by atoms with E-state index >= 15 is 0 Å². The minimum absolute atomic E-state index is 0.211. The fourth-order valence-corrected chi connectivity index (χ4v) is 3.30. The van der Waals surface area contributed by atoms with Crippen LogP contribution in [0.3, 0.4) is 0 Å². The Morgan fingerprint density at radius 3 is 2.74 bits per heavy atom. The SMILES string of the molecule is CC(C)CC(C)OCC(O)CNCc1cc(Br)cs1. The van der Waals surface area contributed by atoms with Gasteiger partial charge in [0, 0.05) is 27.8 Å². The first-order valence-electron chi connectivity index (χ1n) is 6.70. The molecule has 1 aromatic rings. The van der Waals surface area contributed by atoms with Crippen LogP contribution in [-0.2, 0) is 11.3 Å². The number of thiophene rings is 1. The van der Waals surface area contributed by atoms with E-state index in [9.17, 15) is 5.11 Å². The Kier molecular flexibility index (Phi) is 8.18. The number of nitrogens with one attached hydrogen (secondary N) is 1. The van der Waals surface area contributed by atoms with Crippen molar-refractivity contribution in [3.8, 4) is 0 Å². The average molecular weight is 350 g/mol. The number of ether oxygens (including phenoxy) is 1. The molecule has 2 atom stereocenters. The van der Waals surface area contributed by atoms with Crippen molar-refractivity contribution in [3.05, 3.63) is 20.8 Å². The van der Waals surface area contributed by atoms with E-state index in [4.69, 9.17) is 4.74 Å². The van der Waals surface area contributed by atoms with Crippen LogP contribution in [0.4, 0.5) is 0 Å². The summed E-state index contributed by atoms with van der Waals surface area (Å²) in [7, 11) is 0. The second kappa shape index (κ2) is 9.08. The maximum absolute atomic E-state index is 9.82. The van der Waals surface area contributed by atoms with Crippen LogP contribution in [0.25, 0.3) is 0 Å². The van der Waals surface area contributed by atoms with Crippen molar-refractivity contribution in [2.75, 3.05) is 13.2 Å². The molecule has 0 aliphatic heterocycles. The van der Waals surface area contributed by atoms with Crippen molar-refractivity contribution in [2.24, 2.45) is 5.92 Å². The molecule has 0 saturated heterocycles. The third-order valence-electron chi connectivity index (χ3n) is 2.68. The average Bonchev–Trinajstić information content (AvgIpc) is 2.71. The lowest BCUT2D eigenvalue weighted by Gasteiger charge is -2.18. The summed E-state index contributed by atoms with van der Waals surface area (Å²) in [6.07, 6.45) is 0.796. The lowest BCUT2D eigenvalue weighted by Crippen LogP contribution is -2.31. The molecule has 1 rings (SSSR count). The van der Waals surface area contributed by atoms with Gasteiger partial charge in [-0.1, -0.05) is 13.8 Å². The molecule has 0 aliphatic carbocycles. The third kappa shape index (κ3) is 8.05. The molecule has 1 aromatic heterocycles. The minimum atomic E-state index is -0.446. The van der Waals surface area contributed by atoms with Crippen LogP contribution < -0.4 is 5.32 Å². The summed E-state index contributed by atoms with van der Waals surface area (Å²) in [6.45, 7) is 8.16. The Bertz CT molecular complexity index is 357. The maximum atomic E-state index is 9.82. The molecule has 0 bridgehead atoms. The summed E-state index contributed by atoms with van der Waals surface area (Å²) in [5.41, 5.74) is 0. The summed E-state index contributed by atoms with van der Waals surface area (Å²) in [5.74, 6) is 0.627. The predicted molar refractivity (Wildman–Crippen MR) is 84.6 cm³/mol. The van der Waals surface area contributed by atoms with Gasteiger partial charge in [0.2, 0.25) is 0 Å². The third-order valence-corrected chi connectivity index (χ3v) is 4.38. The highest BCUT2D eigenvalue weighted by molar-refractivity contribution is 9.10. The number of hydrogen-bond donors (Lipinski definition) is 2. The normalized spacial score (nSPS) is 14.8. The molecule has 0 amide bonds. The van der Waals surface area contributed by atoms with Crippen LogP contribution in [0.15, 0.2) is 15.9 Å². The van der Waals surface area contributed by atoms with Gasteiger partial charge in [0.05, 0.1) is 18.8 Å². The highest BCUT2D eigenvalue weighted by atomic mass is 79.9. The topological polar surface area (TPSA) is 41.5 Å². The van der Waals surface area contributed by atoms with E-state index in [0.29, 0.717) is 19.1 Å². The Morgan fingerprint density at radius 2 is 2.16 bits per heavy atom. The van der Waals surface area contributed by atoms with Crippen LogP contribution in [0.5, 0.6) is 0 Å². The first-order chi connectivity index (χ1) is 8.97. The van der Waals surface area contributed by atoms with Gasteiger partial charge >= 0.3 is 0 Å². The quantitative estimate of drug-likeness (QED) is 0.717. The van der Waals surface area contributed by atoms with E-state index in [0.717, 1.165) is 17.4 Å². The minimum Gasteiger partial charge on any atom is -0.389 e. The molecule has 0 aliphatic rings. The van der Waals surface area contributed by atoms with Crippen molar-refractivity contribution in [1.29, 1.82) is 0 Å². The van der Waals surface area contributed by atoms with Gasteiger partial charge in [-0.15, -0.1) is 11.3 Å². The largest absolute Gasteiger partial charge is 0.389 e. The Labute approximate surface area is 128 Å². The van der Waals surface area contributed by atoms with Crippen molar-refractivity contribution in [2.45, 2.75) is 45.9 Å². The maximum Gasteiger partial charge on any atom is 0.0897 e. The highest BCUT2D eigenvalue weighted by Gasteiger charge is 2.09. The monoisotopic (exact) mass is 349 g/mol. The van der Waals surface area contributed by atoms with Gasteiger partial charge in [0.1, 0.15) is 0 Å². The zero-order valence-corrected chi connectivity index (χ0v) is 14.3. The van der Waals surface area contributed by atoms with E-state index in [2.05, 4.69) is 53.5 Å². The first-order valence-corrected chi connectivity index (χ1v) is 8.38. The van der Waals surface area contributed by atoms with Crippen molar-refractivity contribution < 1.29 is 9.84 Å². The summed E-state index contributed by atoms with van der Waals surface area (Å²) in [6, 6.07) is 2.09. The smallest absolute Gasteiger partial charge is 0.0897 e. The summed E-state index contributed by atoms with van der Waals surface area (Å²) >= 11 is 5.13. The van der Waals surface area contributed by atoms with Crippen molar-refractivity contribution in [1.82, 2.24) is 5.32 Å². The molecular weight excluding hydrogens is 326 g/mol. The molecule has 2 N–H and O–H groups in total. The van der Waals surface area contributed by atoms with E-state index in [1.54, 1.807) is 11.3 Å². The molecule has 0 spiro atoms. The molecule has 1 heterocycles. The zero-order chi connectivity index (χ0) is 14.3. The number of aliphatic hydroxyl groups excluding tert-OH is 1. The number of aliphatic hydroxyl groups is 1. The Balaban J connectivity index is 2.09. The van der Waals surface area contributed by atoms with E-state index in [1.807, 2.05) is 0 Å². The summed E-state index contributed by atoms with van der Waals surface area (Å²) < 4.78 is 6.74. The van der Waals surface area contributed by atoms with Crippen LogP contribution in [-0.4, -0.2) is 30.5 Å². The summed E-state index contributed by atoms with van der Waals surface area (Å²) in [5, 5.41) is 15.1. The molecule has 110 valence electrons. The van der Waals surface area contributed by atoms with Gasteiger partial charge in [-0.2, -0.15) is 0 Å². The van der Waals surface area contributed by atoms with Crippen LogP contribution >= 0.6 is 27.3 Å². The molecule has 19 heavy (non-hydrogen) atoms. The predicted octanol–water partition coefficient (Wildman–Crippen LogP) is 3.41. The van der Waals surface area contributed by atoms with Gasteiger partial charge in [0.15, 0.2) is 0 Å². The fourth-order valence-electron chi connectivity index (χ4n) is 1.87. The summed E-state index contributed by atoms with van der Waals surface area (Å²) in [4.78, 5) is 1.26. The molecule has 2 unspecified atom stereocenters. The molecule has 0 radical (unpaired) electrons. The lowest BCUT2D eigenvalue weighted by atomic mass is 10.1. The second-order valence-corrected chi connectivity index (χ2v) is 7.20. The molecule has 0 aromatic carbocycles. The molecule has 5 heteroatoms. The van der Waals surface area contributed by atoms with Gasteiger partial charge in [0.25, 0.3) is 0 Å². The second-order valence-electron chi connectivity index (χ2n) is 5.29. The lowest BCUT2D eigenvalue weighted by molar-refractivity contribution is -0.00855. The first kappa shape index (κ1) is 17.1. The molecule has 3 nitrogen and oxygen atoms in total. The fraction of sp³-hybridized carbons (Fsp3) is 0.714.